The number of aromatic nitrogens is 1. The SMILES string of the molecule is CN(C(=O)c1cc(F)cnc1N)c1ccccc1C#N. The maximum Gasteiger partial charge on any atom is 0.261 e. The van der Waals surface area contributed by atoms with Crippen LogP contribution in [0.4, 0.5) is 15.9 Å². The molecule has 0 atom stereocenters. The average Bonchev–Trinajstić information content (AvgIpc) is 2.48. The molecule has 2 rings (SSSR count). The second kappa shape index (κ2) is 5.36. The van der Waals surface area contributed by atoms with Gasteiger partial charge in [0.25, 0.3) is 5.91 Å². The van der Waals surface area contributed by atoms with Crippen LogP contribution in [0.3, 0.4) is 0 Å². The summed E-state index contributed by atoms with van der Waals surface area (Å²) in [5.41, 5.74) is 6.30. The Morgan fingerprint density at radius 3 is 2.85 bits per heavy atom. The van der Waals surface area contributed by atoms with E-state index in [1.807, 2.05) is 6.07 Å². The number of hydrogen-bond acceptors (Lipinski definition) is 4. The van der Waals surface area contributed by atoms with Crippen LogP contribution in [0.2, 0.25) is 0 Å². The van der Waals surface area contributed by atoms with Gasteiger partial charge in [-0.05, 0) is 18.2 Å². The molecular weight excluding hydrogens is 259 g/mol. The topological polar surface area (TPSA) is 83.0 Å². The monoisotopic (exact) mass is 270 g/mol. The first-order valence-electron chi connectivity index (χ1n) is 5.72. The average molecular weight is 270 g/mol. The number of nitrogen functional groups attached to an aromatic ring is 1. The summed E-state index contributed by atoms with van der Waals surface area (Å²) in [5, 5.41) is 9.03. The van der Waals surface area contributed by atoms with Gasteiger partial charge < -0.3 is 10.6 Å². The number of nitriles is 1. The molecule has 1 heterocycles. The molecule has 0 unspecified atom stereocenters. The molecule has 0 fully saturated rings. The van der Waals surface area contributed by atoms with Gasteiger partial charge in [-0.3, -0.25) is 4.79 Å². The quantitative estimate of drug-likeness (QED) is 0.904. The van der Waals surface area contributed by atoms with Gasteiger partial charge in [0.1, 0.15) is 17.7 Å². The first-order valence-corrected chi connectivity index (χ1v) is 5.72. The van der Waals surface area contributed by atoms with Gasteiger partial charge in [0.2, 0.25) is 0 Å². The molecule has 2 N–H and O–H groups in total. The lowest BCUT2D eigenvalue weighted by atomic mass is 10.1. The second-order valence-corrected chi connectivity index (χ2v) is 4.08. The smallest absolute Gasteiger partial charge is 0.261 e. The van der Waals surface area contributed by atoms with Crippen LogP contribution in [0, 0.1) is 17.1 Å². The number of carbonyl (C=O) groups is 1. The minimum Gasteiger partial charge on any atom is -0.383 e. The number of benzene rings is 1. The van der Waals surface area contributed by atoms with Gasteiger partial charge in [-0.25, -0.2) is 9.37 Å². The number of carbonyl (C=O) groups excluding carboxylic acids is 1. The molecule has 0 aliphatic rings. The van der Waals surface area contributed by atoms with E-state index in [1.54, 1.807) is 24.3 Å². The van der Waals surface area contributed by atoms with Gasteiger partial charge in [0, 0.05) is 7.05 Å². The number of amides is 1. The maximum atomic E-state index is 13.2. The van der Waals surface area contributed by atoms with Gasteiger partial charge in [-0.2, -0.15) is 5.26 Å². The van der Waals surface area contributed by atoms with Crippen LogP contribution in [-0.4, -0.2) is 17.9 Å². The van der Waals surface area contributed by atoms with Crippen molar-refractivity contribution in [3.05, 3.63) is 53.5 Å². The van der Waals surface area contributed by atoms with E-state index >= 15 is 0 Å². The van der Waals surface area contributed by atoms with Crippen LogP contribution >= 0.6 is 0 Å². The lowest BCUT2D eigenvalue weighted by Crippen LogP contribution is -2.28. The van der Waals surface area contributed by atoms with Crippen molar-refractivity contribution in [1.82, 2.24) is 4.98 Å². The molecule has 0 saturated heterocycles. The normalized spacial score (nSPS) is 9.85. The maximum absolute atomic E-state index is 13.2. The summed E-state index contributed by atoms with van der Waals surface area (Å²) in [4.78, 5) is 17.2. The van der Waals surface area contributed by atoms with Crippen LogP contribution in [0.1, 0.15) is 15.9 Å². The second-order valence-electron chi connectivity index (χ2n) is 4.08. The van der Waals surface area contributed by atoms with Gasteiger partial charge >= 0.3 is 0 Å². The third kappa shape index (κ3) is 2.42. The Bertz CT molecular complexity index is 709. The van der Waals surface area contributed by atoms with Crippen LogP contribution in [-0.2, 0) is 0 Å². The molecule has 0 radical (unpaired) electrons. The zero-order valence-electron chi connectivity index (χ0n) is 10.7. The molecule has 0 aliphatic heterocycles. The number of halogens is 1. The molecular formula is C14H11FN4O. The minimum absolute atomic E-state index is 0.0414. The number of rotatable bonds is 2. The number of hydrogen-bond donors (Lipinski definition) is 1. The summed E-state index contributed by atoms with van der Waals surface area (Å²) in [7, 11) is 1.49. The highest BCUT2D eigenvalue weighted by molar-refractivity contribution is 6.09. The molecule has 1 amide bonds. The van der Waals surface area contributed by atoms with Crippen LogP contribution < -0.4 is 10.6 Å². The van der Waals surface area contributed by atoms with Crippen LogP contribution in [0.25, 0.3) is 0 Å². The summed E-state index contributed by atoms with van der Waals surface area (Å²) in [5.74, 6) is -1.24. The van der Waals surface area contributed by atoms with Gasteiger partial charge in [-0.1, -0.05) is 12.1 Å². The summed E-state index contributed by atoms with van der Waals surface area (Å²) < 4.78 is 13.2. The predicted molar refractivity (Wildman–Crippen MR) is 72.5 cm³/mol. The summed E-state index contributed by atoms with van der Waals surface area (Å²) in [6.45, 7) is 0. The Kier molecular flexibility index (Phi) is 3.62. The molecule has 6 heteroatoms. The highest BCUT2D eigenvalue weighted by Crippen LogP contribution is 2.21. The molecule has 0 saturated carbocycles. The van der Waals surface area contributed by atoms with E-state index in [9.17, 15) is 9.18 Å². The van der Waals surface area contributed by atoms with E-state index in [0.29, 0.717) is 11.3 Å². The molecule has 0 spiro atoms. The number of anilines is 2. The zero-order chi connectivity index (χ0) is 14.7. The van der Waals surface area contributed by atoms with E-state index in [2.05, 4.69) is 4.98 Å². The molecule has 2 aromatic rings. The third-order valence-electron chi connectivity index (χ3n) is 2.81. The zero-order valence-corrected chi connectivity index (χ0v) is 10.7. The lowest BCUT2D eigenvalue weighted by Gasteiger charge is -2.19. The Hall–Kier alpha value is -2.94. The Morgan fingerprint density at radius 1 is 1.45 bits per heavy atom. The third-order valence-corrected chi connectivity index (χ3v) is 2.81. The summed E-state index contributed by atoms with van der Waals surface area (Å²) >= 11 is 0. The van der Waals surface area contributed by atoms with Crippen molar-refractivity contribution >= 4 is 17.4 Å². The van der Waals surface area contributed by atoms with Crippen LogP contribution in [0.5, 0.6) is 0 Å². The Morgan fingerprint density at radius 2 is 2.15 bits per heavy atom. The Balaban J connectivity index is 2.43. The van der Waals surface area contributed by atoms with Crippen molar-refractivity contribution in [1.29, 1.82) is 5.26 Å². The van der Waals surface area contributed by atoms with Crippen molar-refractivity contribution in [3.8, 4) is 6.07 Å². The lowest BCUT2D eigenvalue weighted by molar-refractivity contribution is 0.0993. The highest BCUT2D eigenvalue weighted by atomic mass is 19.1. The van der Waals surface area contributed by atoms with Crippen LogP contribution in [0.15, 0.2) is 36.5 Å². The minimum atomic E-state index is -0.649. The largest absolute Gasteiger partial charge is 0.383 e. The van der Waals surface area contributed by atoms with Gasteiger partial charge in [0.05, 0.1) is 23.0 Å². The number of para-hydroxylation sites is 1. The fourth-order valence-corrected chi connectivity index (χ4v) is 1.77. The standard InChI is InChI=1S/C14H11FN4O/c1-19(12-5-3-2-4-9(12)7-16)14(20)11-6-10(15)8-18-13(11)17/h2-6,8H,1H3,(H2,17,18). The molecule has 20 heavy (non-hydrogen) atoms. The highest BCUT2D eigenvalue weighted by Gasteiger charge is 2.19. The fraction of sp³-hybridized carbons (Fsp3) is 0.0714. The number of nitrogens with two attached hydrogens (primary N) is 1. The first-order chi connectivity index (χ1) is 9.54. The Labute approximate surface area is 115 Å². The number of pyridine rings is 1. The summed E-state index contributed by atoms with van der Waals surface area (Å²) in [6, 6.07) is 9.63. The van der Waals surface area contributed by atoms with E-state index in [1.165, 1.54) is 11.9 Å². The van der Waals surface area contributed by atoms with Crippen molar-refractivity contribution in [2.45, 2.75) is 0 Å². The molecule has 5 nitrogen and oxygen atoms in total. The van der Waals surface area contributed by atoms with E-state index in [4.69, 9.17) is 11.0 Å². The van der Waals surface area contributed by atoms with Gasteiger partial charge in [-0.15, -0.1) is 0 Å². The predicted octanol–water partition coefficient (Wildman–Crippen LogP) is 1.95. The summed E-state index contributed by atoms with van der Waals surface area (Å²) in [6.07, 6.45) is 0.940. The molecule has 0 aliphatic carbocycles. The fourth-order valence-electron chi connectivity index (χ4n) is 1.77. The van der Waals surface area contributed by atoms with Gasteiger partial charge in [0.15, 0.2) is 0 Å². The molecule has 1 aromatic heterocycles. The molecule has 1 aromatic carbocycles. The van der Waals surface area contributed by atoms with E-state index in [-0.39, 0.29) is 11.4 Å². The van der Waals surface area contributed by atoms with Crippen molar-refractivity contribution < 1.29 is 9.18 Å². The van der Waals surface area contributed by atoms with E-state index in [0.717, 1.165) is 12.3 Å². The van der Waals surface area contributed by atoms with E-state index < -0.39 is 11.7 Å². The number of nitrogens with zero attached hydrogens (tertiary/aromatic N) is 3. The molecule has 100 valence electrons. The van der Waals surface area contributed by atoms with Crippen molar-refractivity contribution in [2.24, 2.45) is 0 Å². The van der Waals surface area contributed by atoms with Crippen molar-refractivity contribution in [2.75, 3.05) is 17.7 Å². The van der Waals surface area contributed by atoms with Crippen molar-refractivity contribution in [3.63, 3.8) is 0 Å². The first kappa shape index (κ1) is 13.5. The molecule has 0 bridgehead atoms.